The van der Waals surface area contributed by atoms with E-state index in [9.17, 15) is 14.7 Å². The summed E-state index contributed by atoms with van der Waals surface area (Å²) >= 11 is 0. The van der Waals surface area contributed by atoms with E-state index in [4.69, 9.17) is 4.74 Å². The lowest BCUT2D eigenvalue weighted by atomic mass is 9.43. The molecule has 4 fully saturated rings. The van der Waals surface area contributed by atoms with Crippen LogP contribution in [0.1, 0.15) is 98.3 Å². The summed E-state index contributed by atoms with van der Waals surface area (Å²) in [7, 11) is 1.49. The number of hydrogen-bond donors (Lipinski definition) is 1. The topological polar surface area (TPSA) is 63.6 Å². The second-order valence-corrected chi connectivity index (χ2v) is 13.2. The maximum atomic E-state index is 12.2. The van der Waals surface area contributed by atoms with E-state index >= 15 is 0 Å². The van der Waals surface area contributed by atoms with Gasteiger partial charge in [-0.2, -0.15) is 0 Å². The van der Waals surface area contributed by atoms with Crippen LogP contribution in [0.3, 0.4) is 0 Å². The van der Waals surface area contributed by atoms with Gasteiger partial charge in [-0.25, -0.2) is 0 Å². The third-order valence-corrected chi connectivity index (χ3v) is 12.2. The second-order valence-electron chi connectivity index (χ2n) is 13.2. The number of aldehydes is 1. The second kappa shape index (κ2) is 9.47. The smallest absolute Gasteiger partial charge is 0.305 e. The SMILES string of the molecule is C=C(CO)C1CC[C@@H]2[C@]3(CC[C@]4(C)[C@H](C(C)CCC=C(C)C=O)CC[C@@]24C)C[C@]13CCC(=O)OC. The fraction of sp³-hybridized carbons (Fsp3) is 0.806. The van der Waals surface area contributed by atoms with E-state index < -0.39 is 0 Å². The van der Waals surface area contributed by atoms with E-state index in [0.29, 0.717) is 35.0 Å². The molecule has 4 aliphatic carbocycles. The van der Waals surface area contributed by atoms with E-state index in [2.05, 4.69) is 33.4 Å². The fourth-order valence-corrected chi connectivity index (χ4v) is 10.2. The van der Waals surface area contributed by atoms with Gasteiger partial charge in [-0.3, -0.25) is 9.59 Å². The maximum absolute atomic E-state index is 12.2. The minimum Gasteiger partial charge on any atom is -0.469 e. The minimum atomic E-state index is -0.114. The predicted octanol–water partition coefficient (Wildman–Crippen LogP) is 6.67. The van der Waals surface area contributed by atoms with Crippen molar-refractivity contribution in [3.63, 3.8) is 0 Å². The van der Waals surface area contributed by atoms with Gasteiger partial charge in [0, 0.05) is 6.42 Å². The highest BCUT2D eigenvalue weighted by Gasteiger charge is 2.80. The van der Waals surface area contributed by atoms with E-state index in [1.54, 1.807) is 0 Å². The summed E-state index contributed by atoms with van der Waals surface area (Å²) in [5, 5.41) is 10.00. The summed E-state index contributed by atoms with van der Waals surface area (Å²) in [6, 6.07) is 0. The Bertz CT molecular complexity index is 890. The third-order valence-electron chi connectivity index (χ3n) is 12.2. The average Bonchev–Trinajstić information content (AvgIpc) is 3.44. The first-order valence-electron chi connectivity index (χ1n) is 14.0. The van der Waals surface area contributed by atoms with Crippen molar-refractivity contribution < 1.29 is 19.4 Å². The number of rotatable bonds is 10. The van der Waals surface area contributed by atoms with Gasteiger partial charge in [-0.05, 0) is 128 Å². The first kappa shape index (κ1) is 26.6. The van der Waals surface area contributed by atoms with Crippen molar-refractivity contribution >= 4 is 12.3 Å². The quantitative estimate of drug-likeness (QED) is 0.163. The molecule has 4 aliphatic rings. The largest absolute Gasteiger partial charge is 0.469 e. The van der Waals surface area contributed by atoms with Crippen LogP contribution >= 0.6 is 0 Å². The van der Waals surface area contributed by atoms with Crippen LogP contribution in [0.25, 0.3) is 0 Å². The highest BCUT2D eigenvalue weighted by Crippen LogP contribution is 2.87. The van der Waals surface area contributed by atoms with Gasteiger partial charge in [0.1, 0.15) is 6.29 Å². The van der Waals surface area contributed by atoms with Gasteiger partial charge in [0.15, 0.2) is 0 Å². The predicted molar refractivity (Wildman–Crippen MR) is 140 cm³/mol. The zero-order chi connectivity index (χ0) is 25.6. The van der Waals surface area contributed by atoms with Crippen LogP contribution in [0.4, 0.5) is 0 Å². The zero-order valence-corrected chi connectivity index (χ0v) is 22.8. The molecule has 196 valence electrons. The molecular weight excluding hydrogens is 436 g/mol. The Balaban J connectivity index is 1.58. The highest BCUT2D eigenvalue weighted by atomic mass is 16.5. The van der Waals surface area contributed by atoms with Gasteiger partial charge in [-0.15, -0.1) is 0 Å². The third kappa shape index (κ3) is 3.88. The van der Waals surface area contributed by atoms with Gasteiger partial charge < -0.3 is 9.84 Å². The Kier molecular flexibility index (Phi) is 7.21. The molecule has 0 aromatic rings. The molecule has 2 unspecified atom stereocenters. The summed E-state index contributed by atoms with van der Waals surface area (Å²) in [4.78, 5) is 23.1. The lowest BCUT2D eigenvalue weighted by Crippen LogP contribution is -2.54. The molecule has 0 bridgehead atoms. The molecule has 0 amide bonds. The Hall–Kier alpha value is -1.42. The summed E-state index contributed by atoms with van der Waals surface area (Å²) < 4.78 is 5.03. The van der Waals surface area contributed by atoms with Gasteiger partial charge in [0.2, 0.25) is 0 Å². The molecule has 4 rings (SSSR count). The molecule has 0 radical (unpaired) electrons. The van der Waals surface area contributed by atoms with Crippen LogP contribution in [-0.4, -0.2) is 31.1 Å². The van der Waals surface area contributed by atoms with E-state index in [1.807, 2.05) is 6.92 Å². The molecule has 0 saturated heterocycles. The molecule has 4 saturated carbocycles. The van der Waals surface area contributed by atoms with Crippen molar-refractivity contribution in [1.82, 2.24) is 0 Å². The molecule has 8 atom stereocenters. The maximum Gasteiger partial charge on any atom is 0.305 e. The molecule has 4 heteroatoms. The molecule has 4 nitrogen and oxygen atoms in total. The van der Waals surface area contributed by atoms with Crippen LogP contribution < -0.4 is 0 Å². The van der Waals surface area contributed by atoms with Crippen LogP contribution in [0.5, 0.6) is 0 Å². The number of carbonyl (C=O) groups excluding carboxylic acids is 2. The van der Waals surface area contributed by atoms with Crippen molar-refractivity contribution in [3.05, 3.63) is 23.8 Å². The lowest BCUT2D eigenvalue weighted by Gasteiger charge is -2.61. The highest BCUT2D eigenvalue weighted by molar-refractivity contribution is 5.71. The Morgan fingerprint density at radius 1 is 1.17 bits per heavy atom. The van der Waals surface area contributed by atoms with Crippen molar-refractivity contribution in [2.75, 3.05) is 13.7 Å². The number of allylic oxidation sites excluding steroid dienone is 2. The number of esters is 1. The Morgan fingerprint density at radius 2 is 1.91 bits per heavy atom. The fourth-order valence-electron chi connectivity index (χ4n) is 10.2. The molecule has 1 N–H and O–H groups in total. The van der Waals surface area contributed by atoms with E-state index in [-0.39, 0.29) is 23.4 Å². The zero-order valence-electron chi connectivity index (χ0n) is 22.8. The van der Waals surface area contributed by atoms with Crippen molar-refractivity contribution in [2.45, 2.75) is 98.3 Å². The number of fused-ring (bicyclic) bond motifs is 2. The Morgan fingerprint density at radius 3 is 2.57 bits per heavy atom. The standard InChI is InChI=1S/C31H48O4/c1-21(18-32)8-7-9-22(2)24-12-14-29(5)26-11-10-25(23(3)19-33)30(15-13-27(34)35-6)20-31(26,30)17-16-28(24,29)4/h8,18,22,24-26,33H,3,7,9-17,19-20H2,1-2,4-6H3/t22?,24-,25?,26-,28+,29-,30+,31-/m0/s1. The van der Waals surface area contributed by atoms with Gasteiger partial charge in [-0.1, -0.05) is 33.4 Å². The number of methoxy groups -OCH3 is 1. The Labute approximate surface area is 213 Å². The van der Waals surface area contributed by atoms with Crippen molar-refractivity contribution in [2.24, 2.45) is 45.3 Å². The first-order valence-corrected chi connectivity index (χ1v) is 14.0. The summed E-state index contributed by atoms with van der Waals surface area (Å²) in [6.45, 7) is 13.9. The lowest BCUT2D eigenvalue weighted by molar-refractivity contribution is -0.142. The van der Waals surface area contributed by atoms with Crippen LogP contribution in [0.2, 0.25) is 0 Å². The van der Waals surface area contributed by atoms with Gasteiger partial charge in [0.05, 0.1) is 13.7 Å². The van der Waals surface area contributed by atoms with Crippen LogP contribution in [0.15, 0.2) is 23.8 Å². The number of hydrogen-bond acceptors (Lipinski definition) is 4. The molecular formula is C31H48O4. The number of ether oxygens (including phenoxy) is 1. The van der Waals surface area contributed by atoms with Gasteiger partial charge in [0.25, 0.3) is 0 Å². The normalized spacial score (nSPS) is 42.9. The van der Waals surface area contributed by atoms with Crippen molar-refractivity contribution in [3.8, 4) is 0 Å². The summed E-state index contributed by atoms with van der Waals surface area (Å²) in [6.07, 6.45) is 15.2. The molecule has 35 heavy (non-hydrogen) atoms. The summed E-state index contributed by atoms with van der Waals surface area (Å²) in [5.41, 5.74) is 2.87. The number of aliphatic hydroxyl groups is 1. The molecule has 0 aliphatic heterocycles. The van der Waals surface area contributed by atoms with Gasteiger partial charge >= 0.3 is 5.97 Å². The molecule has 0 heterocycles. The van der Waals surface area contributed by atoms with Crippen LogP contribution in [-0.2, 0) is 14.3 Å². The monoisotopic (exact) mass is 484 g/mol. The van der Waals surface area contributed by atoms with E-state index in [1.165, 1.54) is 45.6 Å². The van der Waals surface area contributed by atoms with Crippen LogP contribution in [0, 0.1) is 45.3 Å². The number of carbonyl (C=O) groups is 2. The first-order chi connectivity index (χ1) is 16.5. The molecule has 0 aromatic carbocycles. The summed E-state index contributed by atoms with van der Waals surface area (Å²) in [5.74, 6) is 2.27. The minimum absolute atomic E-state index is 0.0536. The molecule has 0 aromatic heterocycles. The van der Waals surface area contributed by atoms with E-state index in [0.717, 1.165) is 49.0 Å². The number of aliphatic hydroxyl groups excluding tert-OH is 1. The van der Waals surface area contributed by atoms with Crippen molar-refractivity contribution in [1.29, 1.82) is 0 Å². The molecule has 1 spiro atoms. The average molecular weight is 485 g/mol.